The van der Waals surface area contributed by atoms with Crippen LogP contribution in [0.5, 0.6) is 0 Å². The predicted molar refractivity (Wildman–Crippen MR) is 81.4 cm³/mol. The van der Waals surface area contributed by atoms with Gasteiger partial charge in [0, 0.05) is 19.0 Å². The number of hydrogen-bond acceptors (Lipinski definition) is 4. The summed E-state index contributed by atoms with van der Waals surface area (Å²) in [6.45, 7) is 10.5. The molecule has 0 aromatic carbocycles. The molecule has 4 heteroatoms. The summed E-state index contributed by atoms with van der Waals surface area (Å²) in [5.41, 5.74) is 2.12. The van der Waals surface area contributed by atoms with Crippen LogP contribution in [0.1, 0.15) is 58.0 Å². The van der Waals surface area contributed by atoms with E-state index in [1.165, 1.54) is 12.8 Å². The highest BCUT2D eigenvalue weighted by atomic mass is 15.0. The van der Waals surface area contributed by atoms with Crippen molar-refractivity contribution in [2.24, 2.45) is 5.92 Å². The Bertz CT molecular complexity index is 372. The Kier molecular flexibility index (Phi) is 6.78. The average molecular weight is 264 g/mol. The normalized spacial score (nSPS) is 11.3. The van der Waals surface area contributed by atoms with Crippen molar-refractivity contribution in [3.05, 3.63) is 17.7 Å². The summed E-state index contributed by atoms with van der Waals surface area (Å²) in [6.07, 6.45) is 4.34. The topological polar surface area (TPSA) is 49.8 Å². The van der Waals surface area contributed by atoms with Crippen molar-refractivity contribution >= 4 is 5.69 Å². The highest BCUT2D eigenvalue weighted by molar-refractivity contribution is 5.46. The van der Waals surface area contributed by atoms with E-state index < -0.39 is 0 Å². The van der Waals surface area contributed by atoms with Gasteiger partial charge < -0.3 is 10.6 Å². The molecule has 0 fully saturated rings. The number of hydrogen-bond donors (Lipinski definition) is 2. The summed E-state index contributed by atoms with van der Waals surface area (Å²) in [5.74, 6) is 1.99. The first-order chi connectivity index (χ1) is 9.12. The molecule has 4 nitrogen and oxygen atoms in total. The Morgan fingerprint density at radius 3 is 2.42 bits per heavy atom. The summed E-state index contributed by atoms with van der Waals surface area (Å²) in [6, 6.07) is 0. The monoisotopic (exact) mass is 264 g/mol. The number of anilines is 1. The summed E-state index contributed by atoms with van der Waals surface area (Å²) >= 11 is 0. The van der Waals surface area contributed by atoms with E-state index in [1.807, 2.05) is 13.2 Å². The molecule has 2 N–H and O–H groups in total. The maximum Gasteiger partial charge on any atom is 0.131 e. The average Bonchev–Trinajstić information content (AvgIpc) is 2.41. The van der Waals surface area contributed by atoms with Crippen LogP contribution in [0.15, 0.2) is 6.20 Å². The second-order valence-electron chi connectivity index (χ2n) is 5.34. The fraction of sp³-hybridized carbons (Fsp3) is 0.733. The van der Waals surface area contributed by atoms with E-state index in [9.17, 15) is 0 Å². The molecule has 1 heterocycles. The van der Waals surface area contributed by atoms with Crippen LogP contribution in [0, 0.1) is 5.92 Å². The highest BCUT2D eigenvalue weighted by Crippen LogP contribution is 2.17. The van der Waals surface area contributed by atoms with Crippen molar-refractivity contribution in [1.29, 1.82) is 0 Å². The van der Waals surface area contributed by atoms with Crippen molar-refractivity contribution in [1.82, 2.24) is 15.3 Å². The van der Waals surface area contributed by atoms with Crippen molar-refractivity contribution in [2.45, 2.75) is 53.0 Å². The number of aromatic nitrogens is 2. The van der Waals surface area contributed by atoms with Gasteiger partial charge in [-0.2, -0.15) is 0 Å². The molecule has 0 unspecified atom stereocenters. The van der Waals surface area contributed by atoms with E-state index in [4.69, 9.17) is 0 Å². The largest absolute Gasteiger partial charge is 0.382 e. The molecule has 0 aliphatic carbocycles. The Balaban J connectivity index is 2.81. The Hall–Kier alpha value is -1.16. The molecule has 1 aromatic heterocycles. The Morgan fingerprint density at radius 2 is 1.89 bits per heavy atom. The van der Waals surface area contributed by atoms with E-state index in [1.54, 1.807) is 0 Å². The van der Waals surface area contributed by atoms with Crippen LogP contribution in [0.25, 0.3) is 0 Å². The van der Waals surface area contributed by atoms with Gasteiger partial charge in [-0.3, -0.25) is 0 Å². The van der Waals surface area contributed by atoms with Gasteiger partial charge in [-0.25, -0.2) is 9.97 Å². The van der Waals surface area contributed by atoms with E-state index in [-0.39, 0.29) is 0 Å². The van der Waals surface area contributed by atoms with Crippen LogP contribution < -0.4 is 10.6 Å². The molecule has 0 saturated carbocycles. The lowest BCUT2D eigenvalue weighted by atomic mass is 10.0. The first-order valence-electron chi connectivity index (χ1n) is 7.36. The first-order valence-corrected chi connectivity index (χ1v) is 7.36. The zero-order valence-electron chi connectivity index (χ0n) is 13.0. The fourth-order valence-electron chi connectivity index (χ4n) is 1.99. The lowest BCUT2D eigenvalue weighted by Gasteiger charge is -2.17. The molecule has 0 aliphatic rings. The molecule has 0 atom stereocenters. The van der Waals surface area contributed by atoms with Gasteiger partial charge in [0.25, 0.3) is 0 Å². The maximum atomic E-state index is 4.66. The lowest BCUT2D eigenvalue weighted by Crippen LogP contribution is -2.17. The Labute approximate surface area is 117 Å². The van der Waals surface area contributed by atoms with Crippen molar-refractivity contribution in [3.63, 3.8) is 0 Å². The molecule has 19 heavy (non-hydrogen) atoms. The van der Waals surface area contributed by atoms with Gasteiger partial charge in [0.1, 0.15) is 5.82 Å². The van der Waals surface area contributed by atoms with Crippen molar-refractivity contribution in [3.8, 4) is 0 Å². The quantitative estimate of drug-likeness (QED) is 0.757. The molecular weight excluding hydrogens is 236 g/mol. The third-order valence-corrected chi connectivity index (χ3v) is 3.48. The van der Waals surface area contributed by atoms with Gasteiger partial charge in [0.15, 0.2) is 0 Å². The van der Waals surface area contributed by atoms with E-state index in [2.05, 4.69) is 48.3 Å². The molecule has 0 radical (unpaired) electrons. The minimum Gasteiger partial charge on any atom is -0.382 e. The minimum atomic E-state index is 0.365. The maximum absolute atomic E-state index is 4.66. The zero-order valence-corrected chi connectivity index (χ0v) is 13.0. The number of rotatable bonds is 8. The molecule has 0 amide bonds. The van der Waals surface area contributed by atoms with Crippen molar-refractivity contribution in [2.75, 3.05) is 18.9 Å². The van der Waals surface area contributed by atoms with Gasteiger partial charge in [-0.1, -0.05) is 40.5 Å². The molecule has 0 spiro atoms. The predicted octanol–water partition coefficient (Wildman–Crippen LogP) is 3.17. The second-order valence-corrected chi connectivity index (χ2v) is 5.34. The molecule has 1 rings (SSSR count). The van der Waals surface area contributed by atoms with Crippen LogP contribution in [0.4, 0.5) is 5.69 Å². The first kappa shape index (κ1) is 15.9. The van der Waals surface area contributed by atoms with Crippen LogP contribution in [0.3, 0.4) is 0 Å². The van der Waals surface area contributed by atoms with E-state index >= 15 is 0 Å². The SMILES string of the molecule is CCC(CC)CNc1cnc(C(C)C)nc1CNC. The molecule has 1 aromatic rings. The standard InChI is InChI=1S/C15H28N4/c1-6-12(7-2)8-17-13-10-18-15(11(3)4)19-14(13)9-16-5/h10-12,16-17H,6-9H2,1-5H3. The Morgan fingerprint density at radius 1 is 1.21 bits per heavy atom. The van der Waals surface area contributed by atoms with Gasteiger partial charge >= 0.3 is 0 Å². The van der Waals surface area contributed by atoms with Gasteiger partial charge in [-0.05, 0) is 13.0 Å². The van der Waals surface area contributed by atoms with E-state index in [0.29, 0.717) is 11.8 Å². The van der Waals surface area contributed by atoms with Gasteiger partial charge in [0.2, 0.25) is 0 Å². The molecule has 0 bridgehead atoms. The van der Waals surface area contributed by atoms with Crippen molar-refractivity contribution < 1.29 is 0 Å². The lowest BCUT2D eigenvalue weighted by molar-refractivity contribution is 0.518. The summed E-state index contributed by atoms with van der Waals surface area (Å²) < 4.78 is 0. The smallest absolute Gasteiger partial charge is 0.131 e. The zero-order chi connectivity index (χ0) is 14.3. The third-order valence-electron chi connectivity index (χ3n) is 3.48. The number of nitrogens with one attached hydrogen (secondary N) is 2. The molecule has 0 saturated heterocycles. The molecule has 108 valence electrons. The van der Waals surface area contributed by atoms with Crippen LogP contribution in [-0.2, 0) is 6.54 Å². The number of nitrogens with zero attached hydrogens (tertiary/aromatic N) is 2. The summed E-state index contributed by atoms with van der Waals surface area (Å²) in [7, 11) is 1.95. The van der Waals surface area contributed by atoms with Crippen LogP contribution in [0.2, 0.25) is 0 Å². The second kappa shape index (κ2) is 8.10. The van der Waals surface area contributed by atoms with Crippen LogP contribution >= 0.6 is 0 Å². The molecular formula is C15H28N4. The highest BCUT2D eigenvalue weighted by Gasteiger charge is 2.10. The van der Waals surface area contributed by atoms with E-state index in [0.717, 1.165) is 30.3 Å². The third kappa shape index (κ3) is 4.78. The summed E-state index contributed by atoms with van der Waals surface area (Å²) in [4.78, 5) is 9.10. The van der Waals surface area contributed by atoms with Gasteiger partial charge in [0.05, 0.1) is 17.6 Å². The fourth-order valence-corrected chi connectivity index (χ4v) is 1.99. The minimum absolute atomic E-state index is 0.365. The van der Waals surface area contributed by atoms with Gasteiger partial charge in [-0.15, -0.1) is 0 Å². The van der Waals surface area contributed by atoms with Crippen LogP contribution in [-0.4, -0.2) is 23.6 Å². The molecule has 0 aliphatic heterocycles. The summed E-state index contributed by atoms with van der Waals surface area (Å²) in [5, 5.41) is 6.68.